The molecule has 1 aromatic carbocycles. The molecule has 0 bridgehead atoms. The maximum absolute atomic E-state index is 4.85. The molecule has 1 saturated carbocycles. The van der Waals surface area contributed by atoms with Gasteiger partial charge in [-0.05, 0) is 50.2 Å². The van der Waals surface area contributed by atoms with Crippen molar-refractivity contribution < 1.29 is 0 Å². The molecule has 2 aliphatic carbocycles. The van der Waals surface area contributed by atoms with Crippen molar-refractivity contribution in [1.29, 1.82) is 0 Å². The highest BCUT2D eigenvalue weighted by molar-refractivity contribution is 5.80. The zero-order valence-electron chi connectivity index (χ0n) is 16.4. The van der Waals surface area contributed by atoms with Crippen molar-refractivity contribution in [2.75, 3.05) is 0 Å². The topological polar surface area (TPSA) is 67.1 Å². The molecule has 4 rings (SSSR count). The van der Waals surface area contributed by atoms with E-state index >= 15 is 0 Å². The van der Waals surface area contributed by atoms with Gasteiger partial charge in [0.25, 0.3) is 0 Å². The van der Waals surface area contributed by atoms with E-state index < -0.39 is 0 Å². The highest BCUT2D eigenvalue weighted by atomic mass is 15.3. The van der Waals surface area contributed by atoms with E-state index in [0.29, 0.717) is 18.6 Å². The molecule has 1 fully saturated rings. The second-order valence-electron chi connectivity index (χ2n) is 7.87. The number of rotatable bonds is 4. The molecule has 6 nitrogen and oxygen atoms in total. The van der Waals surface area contributed by atoms with Crippen LogP contribution in [0.5, 0.6) is 0 Å². The summed E-state index contributed by atoms with van der Waals surface area (Å²) in [6.07, 6.45) is 8.42. The summed E-state index contributed by atoms with van der Waals surface area (Å²) in [6.45, 7) is 2.51. The molecular formula is C21H30N6. The number of hydrogen-bond donors (Lipinski definition) is 2. The van der Waals surface area contributed by atoms with Gasteiger partial charge in [0.05, 0.1) is 0 Å². The van der Waals surface area contributed by atoms with Crippen molar-refractivity contribution in [3.63, 3.8) is 0 Å². The Morgan fingerprint density at radius 1 is 1.07 bits per heavy atom. The van der Waals surface area contributed by atoms with Crippen molar-refractivity contribution >= 4 is 5.96 Å². The maximum Gasteiger partial charge on any atom is 0.192 e. The average Bonchev–Trinajstić information content (AvgIpc) is 3.30. The van der Waals surface area contributed by atoms with Crippen molar-refractivity contribution in [2.24, 2.45) is 12.0 Å². The summed E-state index contributed by atoms with van der Waals surface area (Å²) in [5.41, 5.74) is 2.96. The molecule has 1 aromatic heterocycles. The van der Waals surface area contributed by atoms with Crippen LogP contribution in [-0.2, 0) is 26.4 Å². The quantitative estimate of drug-likeness (QED) is 0.645. The smallest absolute Gasteiger partial charge is 0.192 e. The molecule has 2 aliphatic rings. The Kier molecular flexibility index (Phi) is 5.41. The van der Waals surface area contributed by atoms with E-state index in [2.05, 4.69) is 45.1 Å². The summed E-state index contributed by atoms with van der Waals surface area (Å²) < 4.78 is 2.01. The van der Waals surface area contributed by atoms with Crippen LogP contribution in [0.4, 0.5) is 0 Å². The molecule has 1 atom stereocenters. The van der Waals surface area contributed by atoms with Crippen molar-refractivity contribution in [2.45, 2.75) is 70.5 Å². The van der Waals surface area contributed by atoms with Crippen molar-refractivity contribution in [3.05, 3.63) is 47.0 Å². The first-order chi connectivity index (χ1) is 13.2. The molecule has 2 aromatic rings. The summed E-state index contributed by atoms with van der Waals surface area (Å²) in [4.78, 5) is 4.85. The van der Waals surface area contributed by atoms with E-state index in [9.17, 15) is 0 Å². The third-order valence-corrected chi connectivity index (χ3v) is 5.95. The Bertz CT molecular complexity index is 803. The number of aryl methyl sites for hydroxylation is 2. The molecule has 0 spiro atoms. The maximum atomic E-state index is 4.85. The number of guanidine groups is 1. The Balaban J connectivity index is 1.46. The summed E-state index contributed by atoms with van der Waals surface area (Å²) in [7, 11) is 2.00. The molecule has 0 saturated heterocycles. The number of aromatic nitrogens is 3. The molecular weight excluding hydrogens is 336 g/mol. The van der Waals surface area contributed by atoms with Gasteiger partial charge in [0.15, 0.2) is 11.8 Å². The van der Waals surface area contributed by atoms with Crippen LogP contribution in [0.2, 0.25) is 0 Å². The Morgan fingerprint density at radius 3 is 2.56 bits per heavy atom. The van der Waals surface area contributed by atoms with E-state index in [1.54, 1.807) is 0 Å². The molecule has 144 valence electrons. The van der Waals surface area contributed by atoms with Gasteiger partial charge in [-0.3, -0.25) is 0 Å². The minimum Gasteiger partial charge on any atom is -0.354 e. The van der Waals surface area contributed by atoms with E-state index in [4.69, 9.17) is 4.99 Å². The Hall–Kier alpha value is -2.37. The summed E-state index contributed by atoms with van der Waals surface area (Å²) in [5, 5.41) is 15.8. The number of aliphatic imine (C=N–C) groups is 1. The fraction of sp³-hybridized carbons (Fsp3) is 0.571. The lowest BCUT2D eigenvalue weighted by atomic mass is 9.88. The normalized spacial score (nSPS) is 20.5. The van der Waals surface area contributed by atoms with Crippen LogP contribution in [0.15, 0.2) is 29.3 Å². The second-order valence-corrected chi connectivity index (χ2v) is 7.87. The fourth-order valence-electron chi connectivity index (χ4n) is 4.15. The van der Waals surface area contributed by atoms with Crippen LogP contribution in [0.25, 0.3) is 0 Å². The number of fused-ring (bicyclic) bond motifs is 1. The highest BCUT2D eigenvalue weighted by Gasteiger charge is 2.21. The summed E-state index contributed by atoms with van der Waals surface area (Å²) >= 11 is 0. The molecule has 0 aliphatic heterocycles. The lowest BCUT2D eigenvalue weighted by Crippen LogP contribution is -2.48. The third-order valence-electron chi connectivity index (χ3n) is 5.95. The number of hydrogen-bond acceptors (Lipinski definition) is 3. The first kappa shape index (κ1) is 18.0. The van der Waals surface area contributed by atoms with E-state index in [1.165, 1.54) is 36.8 Å². The minimum absolute atomic E-state index is 0.425. The number of benzene rings is 1. The SMILES string of the molecule is Cc1nnc(CN=C(NC2CCCC2)NC2CCc3ccccc3C2)n1C. The zero-order chi connectivity index (χ0) is 18.6. The Morgan fingerprint density at radius 2 is 1.81 bits per heavy atom. The average molecular weight is 367 g/mol. The van der Waals surface area contributed by atoms with Gasteiger partial charge in [-0.1, -0.05) is 37.1 Å². The van der Waals surface area contributed by atoms with Gasteiger partial charge in [-0.2, -0.15) is 0 Å². The largest absolute Gasteiger partial charge is 0.354 e. The predicted octanol–water partition coefficient (Wildman–Crippen LogP) is 2.66. The first-order valence-corrected chi connectivity index (χ1v) is 10.2. The van der Waals surface area contributed by atoms with Crippen molar-refractivity contribution in [3.8, 4) is 0 Å². The van der Waals surface area contributed by atoms with Crippen LogP contribution in [0.3, 0.4) is 0 Å². The molecule has 27 heavy (non-hydrogen) atoms. The lowest BCUT2D eigenvalue weighted by molar-refractivity contribution is 0.509. The van der Waals surface area contributed by atoms with Crippen LogP contribution < -0.4 is 10.6 Å². The highest BCUT2D eigenvalue weighted by Crippen LogP contribution is 2.21. The lowest BCUT2D eigenvalue weighted by Gasteiger charge is -2.28. The molecule has 1 unspecified atom stereocenters. The van der Waals surface area contributed by atoms with Gasteiger partial charge in [0.2, 0.25) is 0 Å². The molecule has 6 heteroatoms. The standard InChI is InChI=1S/C21H30N6/c1-15-25-26-20(27(15)2)14-22-21(23-18-9-5-6-10-18)24-19-12-11-16-7-3-4-8-17(16)13-19/h3-4,7-8,18-19H,5-6,9-14H2,1-2H3,(H2,22,23,24). The molecule has 0 radical (unpaired) electrons. The van der Waals surface area contributed by atoms with Gasteiger partial charge in [-0.25, -0.2) is 4.99 Å². The summed E-state index contributed by atoms with van der Waals surface area (Å²) in [6, 6.07) is 9.76. The molecule has 0 amide bonds. The van der Waals surface area contributed by atoms with Crippen LogP contribution in [0, 0.1) is 6.92 Å². The number of nitrogens with zero attached hydrogens (tertiary/aromatic N) is 4. The Labute approximate surface area is 161 Å². The van der Waals surface area contributed by atoms with Gasteiger partial charge < -0.3 is 15.2 Å². The van der Waals surface area contributed by atoms with Gasteiger partial charge in [0.1, 0.15) is 12.4 Å². The second kappa shape index (κ2) is 8.11. The van der Waals surface area contributed by atoms with E-state index in [1.807, 2.05) is 18.5 Å². The fourth-order valence-corrected chi connectivity index (χ4v) is 4.15. The number of nitrogens with one attached hydrogen (secondary N) is 2. The van der Waals surface area contributed by atoms with Gasteiger partial charge in [0, 0.05) is 19.1 Å². The van der Waals surface area contributed by atoms with Crippen LogP contribution in [0.1, 0.15) is 54.9 Å². The van der Waals surface area contributed by atoms with E-state index in [-0.39, 0.29) is 0 Å². The third kappa shape index (κ3) is 4.31. The zero-order valence-corrected chi connectivity index (χ0v) is 16.4. The predicted molar refractivity (Wildman–Crippen MR) is 108 cm³/mol. The molecule has 1 heterocycles. The van der Waals surface area contributed by atoms with Gasteiger partial charge >= 0.3 is 0 Å². The first-order valence-electron chi connectivity index (χ1n) is 10.2. The van der Waals surface area contributed by atoms with Crippen LogP contribution >= 0.6 is 0 Å². The van der Waals surface area contributed by atoms with E-state index in [0.717, 1.165) is 36.9 Å². The van der Waals surface area contributed by atoms with Crippen LogP contribution in [-0.4, -0.2) is 32.8 Å². The minimum atomic E-state index is 0.425. The monoisotopic (exact) mass is 366 g/mol. The van der Waals surface area contributed by atoms with Gasteiger partial charge in [-0.15, -0.1) is 10.2 Å². The molecule has 2 N–H and O–H groups in total. The van der Waals surface area contributed by atoms with Crippen molar-refractivity contribution in [1.82, 2.24) is 25.4 Å². The summed E-state index contributed by atoms with van der Waals surface area (Å²) in [5.74, 6) is 2.74.